The van der Waals surface area contributed by atoms with Crippen LogP contribution >= 0.6 is 0 Å². The lowest BCUT2D eigenvalue weighted by molar-refractivity contribution is -0.117. The van der Waals surface area contributed by atoms with Crippen LogP contribution in [0.4, 0.5) is 0 Å². The number of carbonyl (C=O) groups is 1. The molecule has 0 unspecified atom stereocenters. The molecule has 3 heteroatoms. The summed E-state index contributed by atoms with van der Waals surface area (Å²) in [6.07, 6.45) is 3.41. The topological polar surface area (TPSA) is 33.2 Å². The van der Waals surface area contributed by atoms with Crippen molar-refractivity contribution in [1.82, 2.24) is 9.88 Å². The molecular weight excluding hydrogens is 188 g/mol. The lowest BCUT2D eigenvalue weighted by atomic mass is 10.2. The number of hydrogen-bond donors (Lipinski definition) is 0. The second-order valence-electron chi connectivity index (χ2n) is 3.86. The first kappa shape index (κ1) is 11.9. The first-order valence-corrected chi connectivity index (χ1v) is 5.26. The Balaban J connectivity index is 2.24. The normalized spacial score (nSPS) is 10.6. The Morgan fingerprint density at radius 2 is 2.27 bits per heavy atom. The van der Waals surface area contributed by atoms with Crippen LogP contribution in [-0.4, -0.2) is 29.3 Å². The van der Waals surface area contributed by atoms with E-state index in [1.54, 1.807) is 13.1 Å². The Hall–Kier alpha value is -1.22. The molecule has 0 aliphatic carbocycles. The number of pyridine rings is 1. The summed E-state index contributed by atoms with van der Waals surface area (Å²) in [7, 11) is 2.05. The van der Waals surface area contributed by atoms with Gasteiger partial charge in [0.2, 0.25) is 0 Å². The molecule has 0 N–H and O–H groups in total. The Labute approximate surface area is 91.1 Å². The van der Waals surface area contributed by atoms with Crippen LogP contribution in [0.3, 0.4) is 0 Å². The van der Waals surface area contributed by atoms with Gasteiger partial charge in [-0.05, 0) is 39.1 Å². The van der Waals surface area contributed by atoms with Crippen LogP contribution in [0.2, 0.25) is 0 Å². The second-order valence-corrected chi connectivity index (χ2v) is 3.86. The van der Waals surface area contributed by atoms with Crippen molar-refractivity contribution in [1.29, 1.82) is 0 Å². The minimum absolute atomic E-state index is 0.265. The van der Waals surface area contributed by atoms with Gasteiger partial charge in [0.1, 0.15) is 5.78 Å². The fourth-order valence-electron chi connectivity index (χ4n) is 1.45. The lowest BCUT2D eigenvalue weighted by Crippen LogP contribution is -2.20. The average Bonchev–Trinajstić information content (AvgIpc) is 2.18. The SMILES string of the molecule is CC(=O)CCCN(C)Cc1ccccn1. The smallest absolute Gasteiger partial charge is 0.129 e. The molecule has 0 saturated carbocycles. The number of Topliss-reactive ketones (excluding diaryl/α,β-unsaturated/α-hetero) is 1. The molecular formula is C12H18N2O. The van der Waals surface area contributed by atoms with Crippen LogP contribution in [-0.2, 0) is 11.3 Å². The summed E-state index contributed by atoms with van der Waals surface area (Å²) < 4.78 is 0. The molecule has 82 valence electrons. The molecule has 0 aliphatic heterocycles. The van der Waals surface area contributed by atoms with Crippen LogP contribution in [0.25, 0.3) is 0 Å². The number of carbonyl (C=O) groups excluding carboxylic acids is 1. The van der Waals surface area contributed by atoms with E-state index in [0.29, 0.717) is 6.42 Å². The molecule has 0 bridgehead atoms. The molecule has 1 aromatic rings. The van der Waals surface area contributed by atoms with Gasteiger partial charge in [0, 0.05) is 19.2 Å². The molecule has 1 aromatic heterocycles. The average molecular weight is 206 g/mol. The molecule has 15 heavy (non-hydrogen) atoms. The number of hydrogen-bond acceptors (Lipinski definition) is 3. The van der Waals surface area contributed by atoms with Crippen molar-refractivity contribution in [2.45, 2.75) is 26.3 Å². The summed E-state index contributed by atoms with van der Waals surface area (Å²) in [5.74, 6) is 0.265. The third kappa shape index (κ3) is 5.27. The molecule has 0 amide bonds. The van der Waals surface area contributed by atoms with Crippen molar-refractivity contribution in [3.63, 3.8) is 0 Å². The van der Waals surface area contributed by atoms with Gasteiger partial charge in [0.05, 0.1) is 5.69 Å². The number of ketones is 1. The van der Waals surface area contributed by atoms with Crippen molar-refractivity contribution in [2.24, 2.45) is 0 Å². The summed E-state index contributed by atoms with van der Waals surface area (Å²) in [5, 5.41) is 0. The van der Waals surface area contributed by atoms with Crippen molar-refractivity contribution < 1.29 is 4.79 Å². The van der Waals surface area contributed by atoms with Gasteiger partial charge in [-0.1, -0.05) is 6.07 Å². The minimum Gasteiger partial charge on any atom is -0.301 e. The van der Waals surface area contributed by atoms with E-state index in [0.717, 1.165) is 25.2 Å². The summed E-state index contributed by atoms with van der Waals surface area (Å²) in [6.45, 7) is 3.42. The van der Waals surface area contributed by atoms with Gasteiger partial charge < -0.3 is 9.69 Å². The molecule has 3 nitrogen and oxygen atoms in total. The molecule has 0 radical (unpaired) electrons. The van der Waals surface area contributed by atoms with Crippen molar-refractivity contribution >= 4 is 5.78 Å². The van der Waals surface area contributed by atoms with Crippen LogP contribution in [0.5, 0.6) is 0 Å². The van der Waals surface area contributed by atoms with Gasteiger partial charge in [-0.2, -0.15) is 0 Å². The summed E-state index contributed by atoms with van der Waals surface area (Å²) >= 11 is 0. The lowest BCUT2D eigenvalue weighted by Gasteiger charge is -2.15. The summed E-state index contributed by atoms with van der Waals surface area (Å²) in [5.41, 5.74) is 1.07. The zero-order chi connectivity index (χ0) is 11.1. The molecule has 0 atom stereocenters. The van der Waals surface area contributed by atoms with E-state index in [1.807, 2.05) is 18.2 Å². The number of rotatable bonds is 6. The maximum atomic E-state index is 10.8. The highest BCUT2D eigenvalue weighted by molar-refractivity contribution is 5.75. The van der Waals surface area contributed by atoms with Gasteiger partial charge in [-0.3, -0.25) is 4.98 Å². The Morgan fingerprint density at radius 3 is 2.87 bits per heavy atom. The molecule has 1 heterocycles. The van der Waals surface area contributed by atoms with Crippen molar-refractivity contribution in [3.05, 3.63) is 30.1 Å². The molecule has 0 spiro atoms. The Kier molecular flexibility index (Phi) is 4.98. The van der Waals surface area contributed by atoms with Gasteiger partial charge in [-0.25, -0.2) is 0 Å². The van der Waals surface area contributed by atoms with Gasteiger partial charge >= 0.3 is 0 Å². The summed E-state index contributed by atoms with van der Waals surface area (Å²) in [4.78, 5) is 17.2. The highest BCUT2D eigenvalue weighted by Crippen LogP contribution is 2.00. The van der Waals surface area contributed by atoms with E-state index in [2.05, 4.69) is 16.9 Å². The predicted molar refractivity (Wildman–Crippen MR) is 60.5 cm³/mol. The number of nitrogens with zero attached hydrogens (tertiary/aromatic N) is 2. The third-order valence-electron chi connectivity index (χ3n) is 2.23. The first-order chi connectivity index (χ1) is 7.18. The van der Waals surface area contributed by atoms with E-state index in [9.17, 15) is 4.79 Å². The van der Waals surface area contributed by atoms with E-state index in [-0.39, 0.29) is 5.78 Å². The molecule has 0 saturated heterocycles. The molecule has 1 rings (SSSR count). The van der Waals surface area contributed by atoms with Crippen molar-refractivity contribution in [2.75, 3.05) is 13.6 Å². The second kappa shape index (κ2) is 6.30. The fraction of sp³-hybridized carbons (Fsp3) is 0.500. The highest BCUT2D eigenvalue weighted by Gasteiger charge is 2.01. The maximum absolute atomic E-state index is 10.8. The van der Waals surface area contributed by atoms with Gasteiger partial charge in [0.25, 0.3) is 0 Å². The standard InChI is InChI=1S/C12H18N2O/c1-11(15)6-5-9-14(2)10-12-7-3-4-8-13-12/h3-4,7-8H,5-6,9-10H2,1-2H3. The van der Waals surface area contributed by atoms with Crippen LogP contribution in [0, 0.1) is 0 Å². The van der Waals surface area contributed by atoms with Gasteiger partial charge in [-0.15, -0.1) is 0 Å². The predicted octanol–water partition coefficient (Wildman–Crippen LogP) is 1.88. The zero-order valence-electron chi connectivity index (χ0n) is 9.44. The van der Waals surface area contributed by atoms with Crippen molar-refractivity contribution in [3.8, 4) is 0 Å². The molecule has 0 aromatic carbocycles. The van der Waals surface area contributed by atoms with E-state index < -0.39 is 0 Å². The highest BCUT2D eigenvalue weighted by atomic mass is 16.1. The van der Waals surface area contributed by atoms with Gasteiger partial charge in [0.15, 0.2) is 0 Å². The quantitative estimate of drug-likeness (QED) is 0.712. The third-order valence-corrected chi connectivity index (χ3v) is 2.23. The maximum Gasteiger partial charge on any atom is 0.129 e. The first-order valence-electron chi connectivity index (χ1n) is 5.26. The molecule has 0 fully saturated rings. The summed E-state index contributed by atoms with van der Waals surface area (Å²) in [6, 6.07) is 5.92. The van der Waals surface area contributed by atoms with Crippen LogP contribution in [0.15, 0.2) is 24.4 Å². The largest absolute Gasteiger partial charge is 0.301 e. The van der Waals surface area contributed by atoms with E-state index in [1.165, 1.54) is 0 Å². The minimum atomic E-state index is 0.265. The van der Waals surface area contributed by atoms with E-state index >= 15 is 0 Å². The van der Waals surface area contributed by atoms with Crippen LogP contribution < -0.4 is 0 Å². The Morgan fingerprint density at radius 1 is 1.47 bits per heavy atom. The van der Waals surface area contributed by atoms with Crippen LogP contribution in [0.1, 0.15) is 25.5 Å². The monoisotopic (exact) mass is 206 g/mol. The Bertz CT molecular complexity index is 298. The van der Waals surface area contributed by atoms with E-state index in [4.69, 9.17) is 0 Å². The zero-order valence-corrected chi connectivity index (χ0v) is 9.44. The molecule has 0 aliphatic rings. The fourth-order valence-corrected chi connectivity index (χ4v) is 1.45. The number of aromatic nitrogens is 1.